The lowest BCUT2D eigenvalue weighted by Gasteiger charge is -2.25. The molecule has 4 heteroatoms. The molecule has 0 aliphatic carbocycles. The molecule has 2 aliphatic heterocycles. The number of rotatable bonds is 4. The van der Waals surface area contributed by atoms with E-state index in [1.54, 1.807) is 0 Å². The van der Waals surface area contributed by atoms with E-state index in [9.17, 15) is 4.79 Å². The van der Waals surface area contributed by atoms with Crippen LogP contribution >= 0.6 is 0 Å². The van der Waals surface area contributed by atoms with Gasteiger partial charge in [-0.1, -0.05) is 38.1 Å². The first-order chi connectivity index (χ1) is 10.6. The second kappa shape index (κ2) is 6.39. The average Bonchev–Trinajstić information content (AvgIpc) is 3.09. The van der Waals surface area contributed by atoms with Crippen LogP contribution < -0.4 is 5.32 Å². The van der Waals surface area contributed by atoms with Gasteiger partial charge in [0.1, 0.15) is 0 Å². The molecule has 0 spiro atoms. The Morgan fingerprint density at radius 1 is 1.36 bits per heavy atom. The van der Waals surface area contributed by atoms with Gasteiger partial charge in [0.05, 0.1) is 18.6 Å². The highest BCUT2D eigenvalue weighted by Crippen LogP contribution is 2.31. The van der Waals surface area contributed by atoms with Crippen LogP contribution in [0.1, 0.15) is 30.9 Å². The lowest BCUT2D eigenvalue weighted by Crippen LogP contribution is -2.37. The molecule has 3 rings (SSSR count). The lowest BCUT2D eigenvalue weighted by molar-refractivity contribution is -0.135. The third kappa shape index (κ3) is 2.90. The first-order valence-corrected chi connectivity index (χ1v) is 8.23. The Kier molecular flexibility index (Phi) is 4.50. The Morgan fingerprint density at radius 3 is 2.91 bits per heavy atom. The van der Waals surface area contributed by atoms with Crippen molar-refractivity contribution in [2.45, 2.75) is 32.4 Å². The van der Waals surface area contributed by atoms with Gasteiger partial charge in [0.25, 0.3) is 0 Å². The van der Waals surface area contributed by atoms with E-state index in [2.05, 4.69) is 43.4 Å². The van der Waals surface area contributed by atoms with Crippen molar-refractivity contribution in [1.82, 2.24) is 10.2 Å². The molecule has 1 amide bonds. The zero-order valence-electron chi connectivity index (χ0n) is 13.7. The van der Waals surface area contributed by atoms with E-state index in [1.165, 1.54) is 11.1 Å². The quantitative estimate of drug-likeness (QED) is 0.925. The molecule has 0 bridgehead atoms. The minimum atomic E-state index is 0.0104. The van der Waals surface area contributed by atoms with E-state index in [0.29, 0.717) is 25.0 Å². The summed E-state index contributed by atoms with van der Waals surface area (Å²) in [7, 11) is 1.91. The Hall–Kier alpha value is -1.39. The second-order valence-corrected chi connectivity index (χ2v) is 6.85. The van der Waals surface area contributed by atoms with Crippen LogP contribution in [0.4, 0.5) is 0 Å². The largest absolute Gasteiger partial charge is 0.376 e. The van der Waals surface area contributed by atoms with E-state index in [0.717, 1.165) is 13.1 Å². The molecule has 0 aromatic heterocycles. The topological polar surface area (TPSA) is 41.6 Å². The molecule has 0 radical (unpaired) electrons. The molecular formula is C18H26N2O2. The zero-order chi connectivity index (χ0) is 15.7. The smallest absolute Gasteiger partial charge is 0.228 e. The highest BCUT2D eigenvalue weighted by Gasteiger charge is 2.44. The number of nitrogens with zero attached hydrogens (tertiary/aromatic N) is 1. The van der Waals surface area contributed by atoms with Gasteiger partial charge < -0.3 is 15.0 Å². The van der Waals surface area contributed by atoms with Crippen molar-refractivity contribution in [1.29, 1.82) is 0 Å². The van der Waals surface area contributed by atoms with Crippen molar-refractivity contribution in [3.63, 3.8) is 0 Å². The predicted octanol–water partition coefficient (Wildman–Crippen LogP) is 2.00. The highest BCUT2D eigenvalue weighted by atomic mass is 16.5. The third-order valence-electron chi connectivity index (χ3n) is 4.99. The normalized spacial score (nSPS) is 27.2. The van der Waals surface area contributed by atoms with Crippen LogP contribution in [0, 0.1) is 11.8 Å². The Labute approximate surface area is 132 Å². The summed E-state index contributed by atoms with van der Waals surface area (Å²) in [6.07, 6.45) is 0.227. The molecule has 2 saturated heterocycles. The monoisotopic (exact) mass is 302 g/mol. The van der Waals surface area contributed by atoms with Gasteiger partial charge in [-0.25, -0.2) is 0 Å². The van der Waals surface area contributed by atoms with Gasteiger partial charge in [0.2, 0.25) is 5.91 Å². The number of carbonyl (C=O) groups excluding carboxylic acids is 1. The number of hydrogen-bond acceptors (Lipinski definition) is 3. The lowest BCUT2D eigenvalue weighted by atomic mass is 9.91. The second-order valence-electron chi connectivity index (χ2n) is 6.85. The standard InChI is InChI=1S/C18H26N2O2/c1-12(2)14-7-5-4-6-13(14)10-20(3)18(21)16-11-22-17-9-19-8-15(16)17/h4-7,12,15-17,19H,8-11H2,1-3H3/t15-,16-,17-/m1/s1. The molecule has 1 aromatic carbocycles. The van der Waals surface area contributed by atoms with Crippen LogP contribution in [0.2, 0.25) is 0 Å². The molecule has 4 nitrogen and oxygen atoms in total. The third-order valence-corrected chi connectivity index (χ3v) is 4.99. The Bertz CT molecular complexity index is 544. The zero-order valence-corrected chi connectivity index (χ0v) is 13.7. The van der Waals surface area contributed by atoms with Crippen LogP contribution in [-0.2, 0) is 16.1 Å². The van der Waals surface area contributed by atoms with Crippen LogP contribution in [0.25, 0.3) is 0 Å². The molecule has 2 fully saturated rings. The number of amides is 1. The fourth-order valence-electron chi connectivity index (χ4n) is 3.72. The first kappa shape index (κ1) is 15.5. The van der Waals surface area contributed by atoms with E-state index < -0.39 is 0 Å². The summed E-state index contributed by atoms with van der Waals surface area (Å²) < 4.78 is 5.76. The van der Waals surface area contributed by atoms with E-state index in [4.69, 9.17) is 4.74 Å². The number of ether oxygens (including phenoxy) is 1. The summed E-state index contributed by atoms with van der Waals surface area (Å²) in [5.41, 5.74) is 2.57. The SMILES string of the molecule is CC(C)c1ccccc1CN(C)C(=O)[C@@H]1CO[C@@H]2CNC[C@@H]21. The van der Waals surface area contributed by atoms with E-state index >= 15 is 0 Å². The van der Waals surface area contributed by atoms with Crippen LogP contribution in [0.15, 0.2) is 24.3 Å². The Morgan fingerprint density at radius 2 is 2.14 bits per heavy atom. The van der Waals surface area contributed by atoms with Gasteiger partial charge in [0, 0.05) is 32.6 Å². The first-order valence-electron chi connectivity index (χ1n) is 8.23. The van der Waals surface area contributed by atoms with Gasteiger partial charge in [-0.2, -0.15) is 0 Å². The summed E-state index contributed by atoms with van der Waals surface area (Å²) in [5, 5.41) is 3.33. The molecule has 2 aliphatic rings. The number of hydrogen-bond donors (Lipinski definition) is 1. The summed E-state index contributed by atoms with van der Waals surface area (Å²) in [6, 6.07) is 8.41. The summed E-state index contributed by atoms with van der Waals surface area (Å²) in [6.45, 7) is 7.42. The van der Waals surface area contributed by atoms with Crippen LogP contribution in [0.5, 0.6) is 0 Å². The molecule has 3 atom stereocenters. The number of carbonyl (C=O) groups is 1. The highest BCUT2D eigenvalue weighted by molar-refractivity contribution is 5.79. The minimum Gasteiger partial charge on any atom is -0.376 e. The van der Waals surface area contributed by atoms with Gasteiger partial charge in [-0.05, 0) is 17.0 Å². The Balaban J connectivity index is 1.69. The fourth-order valence-corrected chi connectivity index (χ4v) is 3.72. The van der Waals surface area contributed by atoms with Crippen molar-refractivity contribution >= 4 is 5.91 Å². The van der Waals surface area contributed by atoms with Crippen molar-refractivity contribution in [2.75, 3.05) is 26.7 Å². The molecule has 0 unspecified atom stereocenters. The van der Waals surface area contributed by atoms with Gasteiger partial charge in [0.15, 0.2) is 0 Å². The fraction of sp³-hybridized carbons (Fsp3) is 0.611. The number of nitrogens with one attached hydrogen (secondary N) is 1. The van der Waals surface area contributed by atoms with Crippen LogP contribution in [0.3, 0.4) is 0 Å². The molecule has 1 aromatic rings. The van der Waals surface area contributed by atoms with E-state index in [-0.39, 0.29) is 17.9 Å². The summed E-state index contributed by atoms with van der Waals surface area (Å²) in [5.74, 6) is 1.04. The predicted molar refractivity (Wildman–Crippen MR) is 86.6 cm³/mol. The van der Waals surface area contributed by atoms with Gasteiger partial charge in [-0.3, -0.25) is 4.79 Å². The van der Waals surface area contributed by atoms with Gasteiger partial charge >= 0.3 is 0 Å². The van der Waals surface area contributed by atoms with E-state index in [1.807, 2.05) is 11.9 Å². The van der Waals surface area contributed by atoms with Gasteiger partial charge in [-0.15, -0.1) is 0 Å². The summed E-state index contributed by atoms with van der Waals surface area (Å²) >= 11 is 0. The molecule has 120 valence electrons. The number of benzene rings is 1. The van der Waals surface area contributed by atoms with Crippen molar-refractivity contribution in [3.05, 3.63) is 35.4 Å². The molecule has 0 saturated carbocycles. The molecule has 22 heavy (non-hydrogen) atoms. The number of fused-ring (bicyclic) bond motifs is 1. The van der Waals surface area contributed by atoms with Crippen molar-refractivity contribution < 1.29 is 9.53 Å². The maximum absolute atomic E-state index is 12.8. The molecule has 1 N–H and O–H groups in total. The maximum Gasteiger partial charge on any atom is 0.228 e. The maximum atomic E-state index is 12.8. The average molecular weight is 302 g/mol. The summed E-state index contributed by atoms with van der Waals surface area (Å²) in [4.78, 5) is 14.7. The van der Waals surface area contributed by atoms with Crippen molar-refractivity contribution in [3.8, 4) is 0 Å². The van der Waals surface area contributed by atoms with Crippen molar-refractivity contribution in [2.24, 2.45) is 11.8 Å². The molecular weight excluding hydrogens is 276 g/mol. The molecule has 2 heterocycles. The minimum absolute atomic E-state index is 0.0104. The van der Waals surface area contributed by atoms with Crippen LogP contribution in [-0.4, -0.2) is 43.7 Å².